The van der Waals surface area contributed by atoms with Gasteiger partial charge in [0.15, 0.2) is 6.10 Å². The van der Waals surface area contributed by atoms with Crippen molar-refractivity contribution in [2.75, 3.05) is 7.11 Å². The van der Waals surface area contributed by atoms with Crippen LogP contribution in [0.15, 0.2) is 5.16 Å². The van der Waals surface area contributed by atoms with Crippen LogP contribution in [0.5, 0.6) is 0 Å². The second kappa shape index (κ2) is 7.62. The van der Waals surface area contributed by atoms with Crippen LogP contribution in [-0.2, 0) is 19.1 Å². The molecular formula is C18H30N2O5. The second-order valence-corrected chi connectivity index (χ2v) is 7.74. The van der Waals surface area contributed by atoms with Crippen molar-refractivity contribution >= 4 is 17.8 Å². The Balaban J connectivity index is 2.17. The number of ether oxygens (including phenoxy) is 2. The number of fused-ring (bicyclic) bond motifs is 1. The minimum Gasteiger partial charge on any atom is -0.469 e. The largest absolute Gasteiger partial charge is 0.469 e. The standard InChI is InChI=1S/C18H30N2O5/c1-7-10(8-2)14-13-11(16(21)23-6)9-12(15(13)25-20-14)19-17(22)24-18(3,4)5/h10-13,15H,7-9H2,1-6H3,(H,19,22)/t11-,12+,13+,15+/m1/s1. The van der Waals surface area contributed by atoms with Crippen LogP contribution >= 0.6 is 0 Å². The third-order valence-corrected chi connectivity index (χ3v) is 4.92. The SMILES string of the molecule is CCC(CC)C1=NO[C@@H]2[C@H]1[C@H](C(=O)OC)C[C@@H]2NC(=O)OC(C)(C)C. The van der Waals surface area contributed by atoms with Crippen molar-refractivity contribution in [2.45, 2.75) is 71.6 Å². The average molecular weight is 354 g/mol. The number of hydrogen-bond donors (Lipinski definition) is 1. The number of nitrogens with zero attached hydrogens (tertiary/aromatic N) is 1. The highest BCUT2D eigenvalue weighted by atomic mass is 16.6. The highest BCUT2D eigenvalue weighted by Crippen LogP contribution is 2.42. The smallest absolute Gasteiger partial charge is 0.408 e. The number of rotatable bonds is 5. The van der Waals surface area contributed by atoms with Crippen LogP contribution in [0.1, 0.15) is 53.9 Å². The summed E-state index contributed by atoms with van der Waals surface area (Å²) in [7, 11) is 1.38. The molecule has 0 unspecified atom stereocenters. The van der Waals surface area contributed by atoms with E-state index in [1.165, 1.54) is 7.11 Å². The van der Waals surface area contributed by atoms with Crippen LogP contribution in [0.2, 0.25) is 0 Å². The van der Waals surface area contributed by atoms with Gasteiger partial charge < -0.3 is 19.6 Å². The van der Waals surface area contributed by atoms with Gasteiger partial charge in [-0.25, -0.2) is 4.79 Å². The number of oxime groups is 1. The molecule has 1 aliphatic heterocycles. The Morgan fingerprint density at radius 1 is 1.32 bits per heavy atom. The van der Waals surface area contributed by atoms with Gasteiger partial charge in [0.25, 0.3) is 0 Å². The molecule has 0 aromatic heterocycles. The zero-order valence-electron chi connectivity index (χ0n) is 16.0. The lowest BCUT2D eigenvalue weighted by Gasteiger charge is -2.23. The summed E-state index contributed by atoms with van der Waals surface area (Å²) in [4.78, 5) is 30.1. The van der Waals surface area contributed by atoms with Crippen molar-refractivity contribution in [1.29, 1.82) is 0 Å². The van der Waals surface area contributed by atoms with E-state index in [1.807, 2.05) is 20.8 Å². The van der Waals surface area contributed by atoms with E-state index < -0.39 is 11.7 Å². The summed E-state index contributed by atoms with van der Waals surface area (Å²) < 4.78 is 10.3. The molecule has 0 bridgehead atoms. The molecule has 142 valence electrons. The first kappa shape index (κ1) is 19.5. The lowest BCUT2D eigenvalue weighted by Crippen LogP contribution is -2.44. The molecule has 1 amide bonds. The van der Waals surface area contributed by atoms with E-state index in [0.717, 1.165) is 18.6 Å². The molecule has 25 heavy (non-hydrogen) atoms. The topological polar surface area (TPSA) is 86.2 Å². The molecule has 1 fully saturated rings. The first-order chi connectivity index (χ1) is 11.7. The summed E-state index contributed by atoms with van der Waals surface area (Å²) in [5.74, 6) is -0.538. The van der Waals surface area contributed by atoms with E-state index >= 15 is 0 Å². The Morgan fingerprint density at radius 2 is 1.96 bits per heavy atom. The highest BCUT2D eigenvalue weighted by molar-refractivity contribution is 5.94. The zero-order chi connectivity index (χ0) is 18.8. The number of nitrogens with one attached hydrogen (secondary N) is 1. The summed E-state index contributed by atoms with van der Waals surface area (Å²) in [5, 5.41) is 7.12. The molecule has 0 spiro atoms. The van der Waals surface area contributed by atoms with Crippen molar-refractivity contribution in [1.82, 2.24) is 5.32 Å². The molecular weight excluding hydrogens is 324 g/mol. The van der Waals surface area contributed by atoms with Crippen molar-refractivity contribution in [2.24, 2.45) is 22.9 Å². The van der Waals surface area contributed by atoms with E-state index in [1.54, 1.807) is 0 Å². The van der Waals surface area contributed by atoms with Gasteiger partial charge in [0.2, 0.25) is 0 Å². The molecule has 0 aromatic carbocycles. The number of amides is 1. The Kier molecular flexibility index (Phi) is 5.95. The third-order valence-electron chi connectivity index (χ3n) is 4.92. The van der Waals surface area contributed by atoms with Gasteiger partial charge in [-0.2, -0.15) is 0 Å². The maximum absolute atomic E-state index is 12.3. The van der Waals surface area contributed by atoms with Gasteiger partial charge in [0.1, 0.15) is 5.60 Å². The predicted molar refractivity (Wildman–Crippen MR) is 93.2 cm³/mol. The molecule has 4 atom stereocenters. The van der Waals surface area contributed by atoms with E-state index in [2.05, 4.69) is 24.3 Å². The number of alkyl carbamates (subject to hydrolysis) is 1. The summed E-state index contributed by atoms with van der Waals surface area (Å²) >= 11 is 0. The fraction of sp³-hybridized carbons (Fsp3) is 0.833. The maximum atomic E-state index is 12.3. The monoisotopic (exact) mass is 354 g/mol. The summed E-state index contributed by atoms with van der Waals surface area (Å²) in [6, 6.07) is -0.334. The minimum atomic E-state index is -0.586. The van der Waals surface area contributed by atoms with Gasteiger partial charge in [-0.3, -0.25) is 4.79 Å². The van der Waals surface area contributed by atoms with Crippen molar-refractivity contribution in [3.8, 4) is 0 Å². The van der Waals surface area contributed by atoms with Gasteiger partial charge in [0, 0.05) is 5.92 Å². The summed E-state index contributed by atoms with van der Waals surface area (Å²) in [6.45, 7) is 9.62. The third kappa shape index (κ3) is 4.25. The van der Waals surface area contributed by atoms with Gasteiger partial charge in [-0.05, 0) is 40.0 Å². The Labute approximate surface area is 149 Å². The Hall–Kier alpha value is -1.79. The predicted octanol–water partition coefficient (Wildman–Crippen LogP) is 2.88. The number of hydrogen-bond acceptors (Lipinski definition) is 6. The first-order valence-corrected chi connectivity index (χ1v) is 9.02. The van der Waals surface area contributed by atoms with Crippen molar-refractivity contribution < 1.29 is 23.9 Å². The van der Waals surface area contributed by atoms with E-state index in [0.29, 0.717) is 6.42 Å². The quantitative estimate of drug-likeness (QED) is 0.767. The van der Waals surface area contributed by atoms with Crippen LogP contribution in [0.4, 0.5) is 4.79 Å². The molecule has 0 aromatic rings. The van der Waals surface area contributed by atoms with Crippen LogP contribution < -0.4 is 5.32 Å². The zero-order valence-corrected chi connectivity index (χ0v) is 16.0. The van der Waals surface area contributed by atoms with Crippen molar-refractivity contribution in [3.63, 3.8) is 0 Å². The van der Waals surface area contributed by atoms with E-state index in [4.69, 9.17) is 14.3 Å². The molecule has 2 rings (SSSR count). The lowest BCUT2D eigenvalue weighted by molar-refractivity contribution is -0.146. The number of carbonyl (C=O) groups is 2. The normalized spacial score (nSPS) is 28.2. The number of methoxy groups -OCH3 is 1. The van der Waals surface area contributed by atoms with Gasteiger partial charge in [0.05, 0.1) is 30.7 Å². The van der Waals surface area contributed by atoms with Crippen LogP contribution in [0, 0.1) is 17.8 Å². The van der Waals surface area contributed by atoms with E-state index in [9.17, 15) is 9.59 Å². The molecule has 2 aliphatic rings. The molecule has 1 heterocycles. The number of carbonyl (C=O) groups excluding carboxylic acids is 2. The molecule has 1 aliphatic carbocycles. The van der Waals surface area contributed by atoms with Crippen molar-refractivity contribution in [3.05, 3.63) is 0 Å². The van der Waals surface area contributed by atoms with Crippen LogP contribution in [-0.4, -0.2) is 42.6 Å². The fourth-order valence-corrected chi connectivity index (χ4v) is 3.78. The minimum absolute atomic E-state index is 0.155. The number of esters is 1. The highest BCUT2D eigenvalue weighted by Gasteiger charge is 2.55. The molecule has 1 saturated carbocycles. The van der Waals surface area contributed by atoms with Gasteiger partial charge in [-0.15, -0.1) is 0 Å². The second-order valence-electron chi connectivity index (χ2n) is 7.74. The lowest BCUT2D eigenvalue weighted by atomic mass is 9.82. The molecule has 0 saturated heterocycles. The molecule has 7 heteroatoms. The first-order valence-electron chi connectivity index (χ1n) is 9.02. The van der Waals surface area contributed by atoms with E-state index in [-0.39, 0.29) is 35.9 Å². The van der Waals surface area contributed by atoms with Crippen LogP contribution in [0.25, 0.3) is 0 Å². The van der Waals surface area contributed by atoms with Gasteiger partial charge in [-0.1, -0.05) is 19.0 Å². The van der Waals surface area contributed by atoms with Gasteiger partial charge >= 0.3 is 12.1 Å². The Morgan fingerprint density at radius 3 is 2.48 bits per heavy atom. The Bertz CT molecular complexity index is 536. The maximum Gasteiger partial charge on any atom is 0.408 e. The molecule has 7 nitrogen and oxygen atoms in total. The molecule has 1 N–H and O–H groups in total. The molecule has 0 radical (unpaired) electrons. The summed E-state index contributed by atoms with van der Waals surface area (Å²) in [5.41, 5.74) is 0.330. The summed E-state index contributed by atoms with van der Waals surface area (Å²) in [6.07, 6.45) is 1.45. The van der Waals surface area contributed by atoms with Crippen LogP contribution in [0.3, 0.4) is 0 Å². The fourth-order valence-electron chi connectivity index (χ4n) is 3.78. The average Bonchev–Trinajstić information content (AvgIpc) is 3.08.